The molecular weight excluding hydrogens is 260 g/mol. The zero-order chi connectivity index (χ0) is 11.8. The summed E-state index contributed by atoms with van der Waals surface area (Å²) >= 11 is 0. The van der Waals surface area contributed by atoms with E-state index in [2.05, 4.69) is 5.73 Å². The molecule has 0 aliphatic carbocycles. The van der Waals surface area contributed by atoms with Gasteiger partial charge in [-0.25, -0.2) is 13.2 Å². The molecule has 0 fully saturated rings. The summed E-state index contributed by atoms with van der Waals surface area (Å²) < 4.78 is 74.0. The van der Waals surface area contributed by atoms with Crippen molar-refractivity contribution in [3.63, 3.8) is 0 Å². The van der Waals surface area contributed by atoms with Gasteiger partial charge in [-0.15, -0.1) is 12.4 Å². The Morgan fingerprint density at radius 2 is 1.56 bits per heavy atom. The second-order valence-corrected chi connectivity index (χ2v) is 2.81. The van der Waals surface area contributed by atoms with Crippen LogP contribution < -0.4 is 5.73 Å². The molecule has 0 aromatic heterocycles. The summed E-state index contributed by atoms with van der Waals surface area (Å²) in [6.07, 6.45) is -4.96. The molecule has 2 N–H and O–H groups in total. The van der Waals surface area contributed by atoms with Crippen molar-refractivity contribution >= 4 is 12.4 Å². The monoisotopic (exact) mass is 265 g/mol. The topological polar surface area (TPSA) is 26.0 Å². The minimum Gasteiger partial charge on any atom is -0.316 e. The number of nitrogens with two attached hydrogens (primary N) is 1. The van der Waals surface area contributed by atoms with Crippen molar-refractivity contribution in [1.82, 2.24) is 0 Å². The van der Waals surface area contributed by atoms with E-state index in [0.29, 0.717) is 0 Å². The van der Waals surface area contributed by atoms with E-state index >= 15 is 0 Å². The molecule has 1 nitrogen and oxygen atoms in total. The molecule has 0 amide bonds. The molecule has 8 heteroatoms. The van der Waals surface area contributed by atoms with Crippen LogP contribution in [0.15, 0.2) is 12.1 Å². The average Bonchev–Trinajstić information content (AvgIpc) is 2.08. The SMILES string of the molecule is Cl.N[C@H](c1cc(F)cc(F)c1F)C(F)(F)F. The van der Waals surface area contributed by atoms with Gasteiger partial charge < -0.3 is 5.73 Å². The molecule has 1 aromatic rings. The Bertz CT molecular complexity index is 378. The predicted octanol–water partition coefficient (Wildman–Crippen LogP) is 3.09. The fraction of sp³-hybridized carbons (Fsp3) is 0.250. The van der Waals surface area contributed by atoms with Crippen LogP contribution in [0.3, 0.4) is 0 Å². The molecule has 16 heavy (non-hydrogen) atoms. The summed E-state index contributed by atoms with van der Waals surface area (Å²) in [5.74, 6) is -4.81. The Kier molecular flexibility index (Phi) is 4.63. The zero-order valence-electron chi connectivity index (χ0n) is 7.49. The van der Waals surface area contributed by atoms with Gasteiger partial charge in [0.25, 0.3) is 0 Å². The quantitative estimate of drug-likeness (QED) is 0.613. The average molecular weight is 266 g/mol. The van der Waals surface area contributed by atoms with Gasteiger partial charge in [-0.3, -0.25) is 0 Å². The van der Waals surface area contributed by atoms with Gasteiger partial charge in [-0.1, -0.05) is 0 Å². The highest BCUT2D eigenvalue weighted by molar-refractivity contribution is 5.85. The summed E-state index contributed by atoms with van der Waals surface area (Å²) in [6, 6.07) is -2.39. The van der Waals surface area contributed by atoms with E-state index in [-0.39, 0.29) is 24.5 Å². The second-order valence-electron chi connectivity index (χ2n) is 2.81. The molecule has 0 unspecified atom stereocenters. The van der Waals surface area contributed by atoms with Crippen molar-refractivity contribution < 1.29 is 26.3 Å². The maximum Gasteiger partial charge on any atom is 0.407 e. The Morgan fingerprint density at radius 1 is 1.06 bits per heavy atom. The molecule has 0 aliphatic heterocycles. The van der Waals surface area contributed by atoms with E-state index in [1.165, 1.54) is 0 Å². The van der Waals surface area contributed by atoms with Crippen molar-refractivity contribution in [3.05, 3.63) is 35.1 Å². The fourth-order valence-corrected chi connectivity index (χ4v) is 0.979. The van der Waals surface area contributed by atoms with E-state index in [4.69, 9.17) is 0 Å². The van der Waals surface area contributed by atoms with Gasteiger partial charge in [0.1, 0.15) is 11.9 Å². The molecular formula is C8H6ClF6N. The second kappa shape index (κ2) is 4.92. The smallest absolute Gasteiger partial charge is 0.316 e. The third kappa shape index (κ3) is 3.02. The lowest BCUT2D eigenvalue weighted by Crippen LogP contribution is -2.29. The van der Waals surface area contributed by atoms with Gasteiger partial charge in [0, 0.05) is 11.6 Å². The van der Waals surface area contributed by atoms with Crippen LogP contribution in [0.5, 0.6) is 0 Å². The van der Waals surface area contributed by atoms with Crippen LogP contribution in [0.25, 0.3) is 0 Å². The first-order valence-corrected chi connectivity index (χ1v) is 3.70. The maximum atomic E-state index is 12.8. The van der Waals surface area contributed by atoms with Crippen LogP contribution in [-0.4, -0.2) is 6.18 Å². The van der Waals surface area contributed by atoms with Crippen molar-refractivity contribution in [1.29, 1.82) is 0 Å². The van der Waals surface area contributed by atoms with E-state index in [0.717, 1.165) is 0 Å². The van der Waals surface area contributed by atoms with E-state index < -0.39 is 35.2 Å². The van der Waals surface area contributed by atoms with Gasteiger partial charge in [-0.05, 0) is 6.07 Å². The molecule has 1 atom stereocenters. The zero-order valence-corrected chi connectivity index (χ0v) is 8.30. The highest BCUT2D eigenvalue weighted by atomic mass is 35.5. The summed E-state index contributed by atoms with van der Waals surface area (Å²) in [6.45, 7) is 0. The van der Waals surface area contributed by atoms with E-state index in [1.807, 2.05) is 0 Å². The summed E-state index contributed by atoms with van der Waals surface area (Å²) in [4.78, 5) is 0. The molecule has 0 heterocycles. The minimum atomic E-state index is -4.96. The van der Waals surface area contributed by atoms with Crippen LogP contribution in [0, 0.1) is 17.5 Å². The molecule has 1 aromatic carbocycles. The lowest BCUT2D eigenvalue weighted by Gasteiger charge is -2.16. The Morgan fingerprint density at radius 3 is 2.00 bits per heavy atom. The van der Waals surface area contributed by atoms with E-state index in [1.54, 1.807) is 0 Å². The number of halogens is 7. The van der Waals surface area contributed by atoms with Gasteiger partial charge >= 0.3 is 6.18 Å². The Labute approximate surface area is 92.6 Å². The van der Waals surface area contributed by atoms with Gasteiger partial charge in [-0.2, -0.15) is 13.2 Å². The summed E-state index contributed by atoms with van der Waals surface area (Å²) in [5.41, 5.74) is 3.36. The van der Waals surface area contributed by atoms with Crippen molar-refractivity contribution in [2.24, 2.45) is 5.73 Å². The lowest BCUT2D eigenvalue weighted by atomic mass is 10.1. The van der Waals surface area contributed by atoms with Gasteiger partial charge in [0.15, 0.2) is 11.6 Å². The normalized spacial score (nSPS) is 13.2. The molecule has 0 saturated carbocycles. The molecule has 0 spiro atoms. The highest BCUT2D eigenvalue weighted by Crippen LogP contribution is 2.32. The molecule has 0 radical (unpaired) electrons. The number of benzene rings is 1. The van der Waals surface area contributed by atoms with Crippen LogP contribution in [0.1, 0.15) is 11.6 Å². The molecule has 92 valence electrons. The van der Waals surface area contributed by atoms with Crippen molar-refractivity contribution in [3.8, 4) is 0 Å². The first-order valence-electron chi connectivity index (χ1n) is 3.70. The first-order chi connectivity index (χ1) is 6.73. The number of hydrogen-bond donors (Lipinski definition) is 1. The Hall–Kier alpha value is -0.950. The van der Waals surface area contributed by atoms with Crippen LogP contribution in [0.4, 0.5) is 26.3 Å². The van der Waals surface area contributed by atoms with Crippen molar-refractivity contribution in [2.75, 3.05) is 0 Å². The minimum absolute atomic E-state index is 0. The number of alkyl halides is 3. The standard InChI is InChI=1S/C8H5F6N.ClH/c9-3-1-4(6(11)5(10)2-3)7(15)8(12,13)14;/h1-2,7H,15H2;1H/t7-;/m1./s1. The van der Waals surface area contributed by atoms with Gasteiger partial charge in [0.05, 0.1) is 0 Å². The van der Waals surface area contributed by atoms with E-state index in [9.17, 15) is 26.3 Å². The predicted molar refractivity (Wildman–Crippen MR) is 46.5 cm³/mol. The Balaban J connectivity index is 0.00000225. The molecule has 0 saturated heterocycles. The first kappa shape index (κ1) is 15.0. The van der Waals surface area contributed by atoms with Crippen molar-refractivity contribution in [2.45, 2.75) is 12.2 Å². The third-order valence-corrected chi connectivity index (χ3v) is 1.71. The molecule has 0 aliphatic rings. The van der Waals surface area contributed by atoms with Crippen LogP contribution in [0.2, 0.25) is 0 Å². The van der Waals surface area contributed by atoms with Crippen LogP contribution in [-0.2, 0) is 0 Å². The molecule has 1 rings (SSSR count). The number of hydrogen-bond acceptors (Lipinski definition) is 1. The van der Waals surface area contributed by atoms with Crippen LogP contribution >= 0.6 is 12.4 Å². The lowest BCUT2D eigenvalue weighted by molar-refractivity contribution is -0.149. The third-order valence-electron chi connectivity index (χ3n) is 1.71. The fourth-order valence-electron chi connectivity index (χ4n) is 0.979. The summed E-state index contributed by atoms with van der Waals surface area (Å²) in [5, 5.41) is 0. The maximum absolute atomic E-state index is 12.8. The summed E-state index contributed by atoms with van der Waals surface area (Å²) in [7, 11) is 0. The largest absolute Gasteiger partial charge is 0.407 e. The molecule has 0 bridgehead atoms. The van der Waals surface area contributed by atoms with Gasteiger partial charge in [0.2, 0.25) is 0 Å². The number of rotatable bonds is 1. The highest BCUT2D eigenvalue weighted by Gasteiger charge is 2.40.